The molecule has 3 heteroatoms. The van der Waals surface area contributed by atoms with E-state index in [2.05, 4.69) is 5.32 Å². The second kappa shape index (κ2) is 6.78. The smallest absolute Gasteiger partial charge is 0.146 e. The molecule has 1 rings (SSSR count). The highest BCUT2D eigenvalue weighted by Crippen LogP contribution is 2.11. The van der Waals surface area contributed by atoms with Crippen molar-refractivity contribution in [1.29, 1.82) is 0 Å². The van der Waals surface area contributed by atoms with Crippen molar-refractivity contribution in [2.75, 3.05) is 0 Å². The van der Waals surface area contributed by atoms with E-state index in [1.807, 2.05) is 13.8 Å². The van der Waals surface area contributed by atoms with Crippen LogP contribution in [-0.2, 0) is 9.59 Å². The number of aldehydes is 1. The Morgan fingerprint density at radius 2 is 2.00 bits per heavy atom. The molecule has 0 aliphatic carbocycles. The summed E-state index contributed by atoms with van der Waals surface area (Å²) in [4.78, 5) is 21.2. The van der Waals surface area contributed by atoms with Crippen molar-refractivity contribution in [3.8, 4) is 0 Å². The Balaban J connectivity index is 0.000000671. The Kier molecular flexibility index (Phi) is 6.41. The molecule has 2 unspecified atom stereocenters. The van der Waals surface area contributed by atoms with Gasteiger partial charge in [-0.1, -0.05) is 13.8 Å². The molecule has 1 fully saturated rings. The van der Waals surface area contributed by atoms with Gasteiger partial charge in [0.2, 0.25) is 0 Å². The number of Topliss-reactive ketones (excluding diaryl/α,β-unsaturated/α-hetero) is 1. The quantitative estimate of drug-likeness (QED) is 0.660. The normalized spacial score (nSPS) is 27.0. The van der Waals surface area contributed by atoms with Crippen molar-refractivity contribution in [1.82, 2.24) is 5.32 Å². The van der Waals surface area contributed by atoms with Gasteiger partial charge in [0.25, 0.3) is 0 Å². The first-order valence-electron chi connectivity index (χ1n) is 4.96. The van der Waals surface area contributed by atoms with Gasteiger partial charge in [0.15, 0.2) is 0 Å². The largest absolute Gasteiger partial charge is 0.302 e. The minimum absolute atomic E-state index is 0.0843. The number of carbonyl (C=O) groups is 2. The number of hydrogen-bond acceptors (Lipinski definition) is 3. The van der Waals surface area contributed by atoms with E-state index >= 15 is 0 Å². The van der Waals surface area contributed by atoms with Crippen LogP contribution in [0.1, 0.15) is 40.0 Å². The molecule has 1 N–H and O–H groups in total. The van der Waals surface area contributed by atoms with Crippen LogP contribution in [0.4, 0.5) is 0 Å². The Morgan fingerprint density at radius 1 is 1.38 bits per heavy atom. The van der Waals surface area contributed by atoms with Gasteiger partial charge >= 0.3 is 0 Å². The molecule has 2 atom stereocenters. The third-order valence-electron chi connectivity index (χ3n) is 2.08. The van der Waals surface area contributed by atoms with E-state index < -0.39 is 0 Å². The van der Waals surface area contributed by atoms with Gasteiger partial charge in [-0.3, -0.25) is 10.1 Å². The highest BCUT2D eigenvalue weighted by Gasteiger charge is 2.22. The van der Waals surface area contributed by atoms with Gasteiger partial charge in [-0.2, -0.15) is 0 Å². The van der Waals surface area contributed by atoms with Crippen LogP contribution in [0.2, 0.25) is 0 Å². The Morgan fingerprint density at radius 3 is 2.46 bits per heavy atom. The lowest BCUT2D eigenvalue weighted by Crippen LogP contribution is -2.46. The summed E-state index contributed by atoms with van der Waals surface area (Å²) < 4.78 is 0. The summed E-state index contributed by atoms with van der Waals surface area (Å²) in [5, 5.41) is 2.98. The van der Waals surface area contributed by atoms with Crippen LogP contribution in [0, 0.1) is 0 Å². The average Bonchev–Trinajstić information content (AvgIpc) is 2.21. The topological polar surface area (TPSA) is 46.2 Å². The molecule has 0 spiro atoms. The molecular formula is C10H19NO2. The van der Waals surface area contributed by atoms with Gasteiger partial charge in [0.05, 0.1) is 12.1 Å². The molecule has 1 aliphatic rings. The number of hydrogen-bond donors (Lipinski definition) is 1. The molecule has 0 radical (unpaired) electrons. The first-order valence-corrected chi connectivity index (χ1v) is 4.96. The van der Waals surface area contributed by atoms with Crippen molar-refractivity contribution in [2.45, 2.75) is 52.1 Å². The second-order valence-electron chi connectivity index (χ2n) is 3.00. The molecular weight excluding hydrogens is 166 g/mol. The summed E-state index contributed by atoms with van der Waals surface area (Å²) in [7, 11) is 0. The van der Waals surface area contributed by atoms with Gasteiger partial charge in [-0.05, 0) is 26.2 Å². The van der Waals surface area contributed by atoms with Gasteiger partial charge < -0.3 is 4.79 Å². The van der Waals surface area contributed by atoms with E-state index in [-0.39, 0.29) is 17.9 Å². The lowest BCUT2D eigenvalue weighted by molar-refractivity contribution is -0.120. The second-order valence-corrected chi connectivity index (χ2v) is 3.00. The van der Waals surface area contributed by atoms with Gasteiger partial charge in [-0.25, -0.2) is 0 Å². The molecule has 0 amide bonds. The number of piperidine rings is 1. The number of ketones is 1. The fraction of sp³-hybridized carbons (Fsp3) is 0.800. The lowest BCUT2D eigenvalue weighted by atomic mass is 9.97. The zero-order valence-electron chi connectivity index (χ0n) is 8.67. The molecule has 0 aromatic carbocycles. The van der Waals surface area contributed by atoms with E-state index in [1.165, 1.54) is 0 Å². The van der Waals surface area contributed by atoms with Crippen molar-refractivity contribution in [3.63, 3.8) is 0 Å². The van der Waals surface area contributed by atoms with Crippen molar-refractivity contribution in [2.24, 2.45) is 0 Å². The Hall–Kier alpha value is -0.700. The summed E-state index contributed by atoms with van der Waals surface area (Å²) in [5.74, 6) is 0.136. The molecule has 0 aromatic rings. The van der Waals surface area contributed by atoms with Crippen molar-refractivity contribution in [3.05, 3.63) is 0 Å². The van der Waals surface area contributed by atoms with E-state index in [0.717, 1.165) is 25.5 Å². The maximum atomic E-state index is 10.9. The molecule has 76 valence electrons. The van der Waals surface area contributed by atoms with Crippen LogP contribution in [0.3, 0.4) is 0 Å². The fourth-order valence-corrected chi connectivity index (χ4v) is 1.39. The maximum absolute atomic E-state index is 10.9. The highest BCUT2D eigenvalue weighted by atomic mass is 16.1. The minimum Gasteiger partial charge on any atom is -0.302 e. The number of nitrogens with one attached hydrogen (secondary N) is 1. The van der Waals surface area contributed by atoms with Crippen molar-refractivity contribution < 1.29 is 9.59 Å². The summed E-state index contributed by atoms with van der Waals surface area (Å²) in [6.45, 7) is 5.56. The van der Waals surface area contributed by atoms with Crippen LogP contribution in [0.15, 0.2) is 0 Å². The van der Waals surface area contributed by atoms with E-state index in [9.17, 15) is 9.59 Å². The maximum Gasteiger partial charge on any atom is 0.146 e. The van der Waals surface area contributed by atoms with Gasteiger partial charge in [0, 0.05) is 0 Å². The summed E-state index contributed by atoms with van der Waals surface area (Å²) in [6.07, 6.45) is 3.60. The summed E-state index contributed by atoms with van der Waals surface area (Å²) >= 11 is 0. The van der Waals surface area contributed by atoms with Crippen LogP contribution in [-0.4, -0.2) is 24.2 Å². The number of rotatable bonds is 2. The predicted octanol–water partition coefficient (Wildman–Crippen LogP) is 1.31. The summed E-state index contributed by atoms with van der Waals surface area (Å²) in [5.41, 5.74) is 0. The van der Waals surface area contributed by atoms with Gasteiger partial charge in [-0.15, -0.1) is 0 Å². The molecule has 0 bridgehead atoms. The number of carbonyl (C=O) groups excluding carboxylic acids is 2. The SMILES string of the molecule is CC.CC(=O)C1CCCC(C=O)N1. The zero-order valence-corrected chi connectivity index (χ0v) is 8.67. The molecule has 1 aliphatic heterocycles. The van der Waals surface area contributed by atoms with Gasteiger partial charge in [0.1, 0.15) is 12.1 Å². The predicted molar refractivity (Wildman–Crippen MR) is 52.7 cm³/mol. The zero-order chi connectivity index (χ0) is 10.3. The first-order chi connectivity index (χ1) is 6.24. The first kappa shape index (κ1) is 12.3. The van der Waals surface area contributed by atoms with E-state index in [4.69, 9.17) is 0 Å². The van der Waals surface area contributed by atoms with Crippen LogP contribution >= 0.6 is 0 Å². The highest BCUT2D eigenvalue weighted by molar-refractivity contribution is 5.82. The molecule has 0 saturated carbocycles. The molecule has 1 saturated heterocycles. The third kappa shape index (κ3) is 4.18. The Labute approximate surface area is 79.9 Å². The molecule has 3 nitrogen and oxygen atoms in total. The minimum atomic E-state index is -0.0994. The standard InChI is InChI=1S/C8H13NO2.C2H6/c1-6(11)8-4-2-3-7(5-10)9-8;1-2/h5,7-9H,2-4H2,1H3;1-2H3. The van der Waals surface area contributed by atoms with Crippen molar-refractivity contribution >= 4 is 12.1 Å². The fourth-order valence-electron chi connectivity index (χ4n) is 1.39. The Bertz CT molecular complexity index is 168. The lowest BCUT2D eigenvalue weighted by Gasteiger charge is -2.25. The molecule has 13 heavy (non-hydrogen) atoms. The van der Waals surface area contributed by atoms with Crippen LogP contribution in [0.5, 0.6) is 0 Å². The van der Waals surface area contributed by atoms with Crippen LogP contribution in [0.25, 0.3) is 0 Å². The molecule has 0 aromatic heterocycles. The molecule has 1 heterocycles. The average molecular weight is 185 g/mol. The van der Waals surface area contributed by atoms with E-state index in [0.29, 0.717) is 0 Å². The third-order valence-corrected chi connectivity index (χ3v) is 2.08. The van der Waals surface area contributed by atoms with Crippen LogP contribution < -0.4 is 5.32 Å². The monoisotopic (exact) mass is 185 g/mol. The van der Waals surface area contributed by atoms with E-state index in [1.54, 1.807) is 6.92 Å². The summed E-state index contributed by atoms with van der Waals surface area (Å²) in [6, 6.07) is -0.184.